The van der Waals surface area contributed by atoms with Crippen molar-refractivity contribution in [2.45, 2.75) is 19.4 Å². The van der Waals surface area contributed by atoms with Crippen LogP contribution in [0.5, 0.6) is 0 Å². The molecule has 14 heavy (non-hydrogen) atoms. The van der Waals surface area contributed by atoms with Gasteiger partial charge in [-0.1, -0.05) is 37.3 Å². The zero-order chi connectivity index (χ0) is 9.97. The van der Waals surface area contributed by atoms with Crippen molar-refractivity contribution >= 4 is 5.91 Å². The predicted octanol–water partition coefficient (Wildman–Crippen LogP) is 1.56. The molecule has 2 heteroatoms. The van der Waals surface area contributed by atoms with Gasteiger partial charge in [-0.15, -0.1) is 0 Å². The molecular formula is C12H13NO. The topological polar surface area (TPSA) is 29.1 Å². The van der Waals surface area contributed by atoms with E-state index < -0.39 is 0 Å². The molecule has 1 N–H and O–H groups in total. The van der Waals surface area contributed by atoms with Crippen LogP contribution in [-0.4, -0.2) is 11.4 Å². The summed E-state index contributed by atoms with van der Waals surface area (Å²) in [5.74, 6) is 0.156. The monoisotopic (exact) mass is 187 g/mol. The first-order valence-electron chi connectivity index (χ1n) is 4.98. The van der Waals surface area contributed by atoms with Crippen molar-refractivity contribution in [2.75, 3.05) is 0 Å². The smallest absolute Gasteiger partial charge is 0.228 e. The minimum absolute atomic E-state index is 0.00231. The molecule has 3 aliphatic rings. The Bertz CT molecular complexity index is 418. The fourth-order valence-corrected chi connectivity index (χ4v) is 2.95. The fraction of sp³-hybridized carbons (Fsp3) is 0.417. The summed E-state index contributed by atoms with van der Waals surface area (Å²) in [6.07, 6.45) is 10.4. The molecule has 1 saturated heterocycles. The summed E-state index contributed by atoms with van der Waals surface area (Å²) in [6, 6.07) is 0. The number of hydrogen-bond acceptors (Lipinski definition) is 1. The number of carbonyl (C=O) groups is 1. The summed E-state index contributed by atoms with van der Waals surface area (Å²) >= 11 is 0. The standard InChI is InChI=1S/C12H13NO/c1-11-7-6-8-4-3-5-9(10(14)13-11)12(8,11)2/h3-7,9H,1-2H3,(H,13,14). The second-order valence-electron chi connectivity index (χ2n) is 4.71. The molecule has 72 valence electrons. The lowest BCUT2D eigenvalue weighted by molar-refractivity contribution is -0.122. The van der Waals surface area contributed by atoms with Crippen molar-refractivity contribution in [3.05, 3.63) is 36.0 Å². The molecule has 1 aliphatic heterocycles. The van der Waals surface area contributed by atoms with Crippen molar-refractivity contribution in [1.82, 2.24) is 5.32 Å². The number of allylic oxidation sites excluding steroid dienone is 3. The number of hydrogen-bond donors (Lipinski definition) is 1. The maximum absolute atomic E-state index is 11.8. The second-order valence-corrected chi connectivity index (χ2v) is 4.71. The zero-order valence-electron chi connectivity index (χ0n) is 8.37. The highest BCUT2D eigenvalue weighted by molar-refractivity contribution is 5.88. The molecule has 0 aromatic heterocycles. The zero-order valence-corrected chi connectivity index (χ0v) is 8.37. The van der Waals surface area contributed by atoms with E-state index in [2.05, 4.69) is 37.4 Å². The van der Waals surface area contributed by atoms with Crippen molar-refractivity contribution in [2.24, 2.45) is 11.3 Å². The number of rotatable bonds is 0. The molecule has 3 unspecified atom stereocenters. The van der Waals surface area contributed by atoms with Crippen LogP contribution >= 0.6 is 0 Å². The van der Waals surface area contributed by atoms with Gasteiger partial charge >= 0.3 is 0 Å². The van der Waals surface area contributed by atoms with E-state index in [1.54, 1.807) is 0 Å². The summed E-state index contributed by atoms with van der Waals surface area (Å²) in [4.78, 5) is 11.8. The Balaban J connectivity index is 2.28. The number of carbonyl (C=O) groups excluding carboxylic acids is 1. The van der Waals surface area contributed by atoms with Crippen LogP contribution < -0.4 is 5.32 Å². The molecule has 1 amide bonds. The Morgan fingerprint density at radius 1 is 1.43 bits per heavy atom. The average molecular weight is 187 g/mol. The molecule has 1 fully saturated rings. The van der Waals surface area contributed by atoms with Crippen LogP contribution in [0, 0.1) is 11.3 Å². The molecule has 2 aliphatic carbocycles. The SMILES string of the molecule is CC12C=CC3=CC=CC(C(=O)N1)C32C. The van der Waals surface area contributed by atoms with Gasteiger partial charge in [-0.2, -0.15) is 0 Å². The number of amides is 1. The first-order valence-corrected chi connectivity index (χ1v) is 4.98. The van der Waals surface area contributed by atoms with Gasteiger partial charge in [0.25, 0.3) is 0 Å². The molecule has 2 nitrogen and oxygen atoms in total. The molecule has 3 atom stereocenters. The van der Waals surface area contributed by atoms with Crippen LogP contribution in [0.4, 0.5) is 0 Å². The van der Waals surface area contributed by atoms with Crippen LogP contribution in [-0.2, 0) is 4.79 Å². The normalized spacial score (nSPS) is 47.7. The fourth-order valence-electron chi connectivity index (χ4n) is 2.95. The quantitative estimate of drug-likeness (QED) is 0.612. The van der Waals surface area contributed by atoms with Crippen molar-refractivity contribution in [3.63, 3.8) is 0 Å². The average Bonchev–Trinajstić information content (AvgIpc) is 2.49. The Kier molecular flexibility index (Phi) is 1.16. The van der Waals surface area contributed by atoms with E-state index >= 15 is 0 Å². The van der Waals surface area contributed by atoms with E-state index in [-0.39, 0.29) is 22.8 Å². The lowest BCUT2D eigenvalue weighted by Gasteiger charge is -2.37. The molecule has 0 aromatic rings. The van der Waals surface area contributed by atoms with Gasteiger partial charge in [0.15, 0.2) is 0 Å². The Hall–Kier alpha value is -1.31. The van der Waals surface area contributed by atoms with Gasteiger partial charge in [-0.05, 0) is 12.5 Å². The van der Waals surface area contributed by atoms with Crippen LogP contribution in [0.1, 0.15) is 13.8 Å². The van der Waals surface area contributed by atoms with Crippen LogP contribution in [0.25, 0.3) is 0 Å². The van der Waals surface area contributed by atoms with E-state index in [0.717, 1.165) is 0 Å². The maximum Gasteiger partial charge on any atom is 0.228 e. The van der Waals surface area contributed by atoms with Gasteiger partial charge in [-0.25, -0.2) is 0 Å². The molecule has 0 spiro atoms. The third kappa shape index (κ3) is 0.606. The second kappa shape index (κ2) is 2.02. The van der Waals surface area contributed by atoms with Gasteiger partial charge < -0.3 is 5.32 Å². The summed E-state index contributed by atoms with van der Waals surface area (Å²) in [5.41, 5.74) is 1.01. The van der Waals surface area contributed by atoms with E-state index in [4.69, 9.17) is 0 Å². The lowest BCUT2D eigenvalue weighted by atomic mass is 9.65. The summed E-state index contributed by atoms with van der Waals surface area (Å²) < 4.78 is 0. The molecule has 0 aromatic carbocycles. The Morgan fingerprint density at radius 2 is 2.21 bits per heavy atom. The van der Waals surface area contributed by atoms with E-state index in [1.807, 2.05) is 12.2 Å². The Morgan fingerprint density at radius 3 is 3.00 bits per heavy atom. The first-order chi connectivity index (χ1) is 6.58. The van der Waals surface area contributed by atoms with Crippen LogP contribution in [0.3, 0.4) is 0 Å². The molecular weight excluding hydrogens is 174 g/mol. The molecule has 3 rings (SSSR count). The maximum atomic E-state index is 11.8. The highest BCUT2D eigenvalue weighted by atomic mass is 16.2. The highest BCUT2D eigenvalue weighted by Gasteiger charge is 2.61. The van der Waals surface area contributed by atoms with Crippen molar-refractivity contribution in [1.29, 1.82) is 0 Å². The van der Waals surface area contributed by atoms with Gasteiger partial charge in [0.2, 0.25) is 5.91 Å². The predicted molar refractivity (Wildman–Crippen MR) is 54.5 cm³/mol. The summed E-state index contributed by atoms with van der Waals surface area (Å²) in [5, 5.41) is 3.09. The van der Waals surface area contributed by atoms with E-state index in [9.17, 15) is 4.79 Å². The van der Waals surface area contributed by atoms with Crippen molar-refractivity contribution < 1.29 is 4.79 Å². The minimum Gasteiger partial charge on any atom is -0.346 e. The lowest BCUT2D eigenvalue weighted by Crippen LogP contribution is -2.45. The van der Waals surface area contributed by atoms with E-state index in [0.29, 0.717) is 0 Å². The summed E-state index contributed by atoms with van der Waals surface area (Å²) in [7, 11) is 0. The van der Waals surface area contributed by atoms with E-state index in [1.165, 1.54) is 5.57 Å². The third-order valence-corrected chi connectivity index (χ3v) is 4.14. The number of nitrogens with one attached hydrogen (secondary N) is 1. The van der Waals surface area contributed by atoms with Crippen molar-refractivity contribution in [3.8, 4) is 0 Å². The van der Waals surface area contributed by atoms with Gasteiger partial charge in [0.1, 0.15) is 0 Å². The Labute approximate surface area is 83.4 Å². The molecule has 0 radical (unpaired) electrons. The van der Waals surface area contributed by atoms with Gasteiger partial charge in [0, 0.05) is 5.41 Å². The third-order valence-electron chi connectivity index (χ3n) is 4.14. The molecule has 1 heterocycles. The van der Waals surface area contributed by atoms with Crippen LogP contribution in [0.2, 0.25) is 0 Å². The molecule has 0 bridgehead atoms. The first kappa shape index (κ1) is 8.04. The highest BCUT2D eigenvalue weighted by Crippen LogP contribution is 2.56. The van der Waals surface area contributed by atoms with Gasteiger partial charge in [0.05, 0.1) is 11.5 Å². The minimum atomic E-state index is -0.189. The van der Waals surface area contributed by atoms with Gasteiger partial charge in [-0.3, -0.25) is 4.79 Å². The molecule has 0 saturated carbocycles. The van der Waals surface area contributed by atoms with Crippen LogP contribution in [0.15, 0.2) is 36.0 Å². The largest absolute Gasteiger partial charge is 0.346 e. The summed E-state index contributed by atoms with van der Waals surface area (Å²) in [6.45, 7) is 4.27.